The van der Waals surface area contributed by atoms with Crippen molar-refractivity contribution in [3.8, 4) is 40.5 Å². The Kier molecular flexibility index (Phi) is 4.43. The summed E-state index contributed by atoms with van der Waals surface area (Å²) < 4.78 is 34.7. The fourth-order valence-electron chi connectivity index (χ4n) is 2.62. The van der Waals surface area contributed by atoms with Crippen molar-refractivity contribution >= 4 is 11.6 Å². The van der Waals surface area contributed by atoms with E-state index in [2.05, 4.69) is 16.0 Å². The van der Waals surface area contributed by atoms with Gasteiger partial charge < -0.3 is 4.74 Å². The van der Waals surface area contributed by atoms with Crippen LogP contribution in [0.25, 0.3) is 22.4 Å². The number of aromatic nitrogens is 3. The lowest BCUT2D eigenvalue weighted by Crippen LogP contribution is -1.98. The highest BCUT2D eigenvalue weighted by molar-refractivity contribution is 6.33. The van der Waals surface area contributed by atoms with E-state index >= 15 is 0 Å². The van der Waals surface area contributed by atoms with Crippen LogP contribution in [-0.2, 0) is 7.05 Å². The zero-order chi connectivity index (χ0) is 18.1. The number of methoxy groups -OCH3 is 1. The van der Waals surface area contributed by atoms with Crippen LogP contribution >= 0.6 is 11.6 Å². The molecule has 7 heteroatoms. The number of nitrogens with zero attached hydrogens (tertiary/aromatic N) is 3. The van der Waals surface area contributed by atoms with Crippen molar-refractivity contribution < 1.29 is 13.5 Å². The predicted octanol–water partition coefficient (Wildman–Crippen LogP) is 4.07. The summed E-state index contributed by atoms with van der Waals surface area (Å²) in [6.45, 7) is 0. The minimum absolute atomic E-state index is 0.0156. The summed E-state index contributed by atoms with van der Waals surface area (Å²) >= 11 is 6.23. The minimum atomic E-state index is -0.804. The predicted molar refractivity (Wildman–Crippen MR) is 91.3 cm³/mol. The summed E-state index contributed by atoms with van der Waals surface area (Å²) in [7, 11) is 2.98. The molecule has 0 atom stereocenters. The van der Waals surface area contributed by atoms with Crippen molar-refractivity contribution in [2.75, 3.05) is 7.11 Å². The fraction of sp³-hybridized carbons (Fsp3) is 0.111. The number of rotatable bonds is 3. The molecule has 0 bridgehead atoms. The molecule has 1 aromatic carbocycles. The molecule has 3 aromatic rings. The van der Waals surface area contributed by atoms with Crippen molar-refractivity contribution in [3.63, 3.8) is 0 Å². The molecule has 25 heavy (non-hydrogen) atoms. The van der Waals surface area contributed by atoms with Gasteiger partial charge in [0, 0.05) is 30.9 Å². The average molecular weight is 360 g/mol. The number of terminal acetylenes is 1. The summed E-state index contributed by atoms with van der Waals surface area (Å²) in [6.07, 6.45) is 6.85. The monoisotopic (exact) mass is 359 g/mol. The number of hydrogen-bond donors (Lipinski definition) is 0. The smallest absolute Gasteiger partial charge is 0.159 e. The molecule has 2 aromatic heterocycles. The quantitative estimate of drug-likeness (QED) is 0.662. The van der Waals surface area contributed by atoms with Gasteiger partial charge in [-0.3, -0.25) is 4.68 Å². The van der Waals surface area contributed by atoms with Crippen LogP contribution in [-0.4, -0.2) is 21.9 Å². The molecule has 0 saturated heterocycles. The molecule has 0 spiro atoms. The van der Waals surface area contributed by atoms with Crippen molar-refractivity contribution in [1.29, 1.82) is 0 Å². The van der Waals surface area contributed by atoms with Gasteiger partial charge in [-0.05, 0) is 12.1 Å². The number of pyridine rings is 1. The van der Waals surface area contributed by atoms with Crippen LogP contribution in [0.1, 0.15) is 5.69 Å². The van der Waals surface area contributed by atoms with E-state index in [4.69, 9.17) is 22.8 Å². The molecule has 0 saturated carbocycles. The van der Waals surface area contributed by atoms with Gasteiger partial charge in [0.15, 0.2) is 5.15 Å². The Morgan fingerprint density at radius 2 is 2.00 bits per heavy atom. The first-order valence-electron chi connectivity index (χ1n) is 7.15. The summed E-state index contributed by atoms with van der Waals surface area (Å²) in [4.78, 5) is 4.13. The highest BCUT2D eigenvalue weighted by Crippen LogP contribution is 2.43. The van der Waals surface area contributed by atoms with Gasteiger partial charge in [0.1, 0.15) is 23.1 Å². The van der Waals surface area contributed by atoms with Crippen LogP contribution in [0.15, 0.2) is 30.5 Å². The second kappa shape index (κ2) is 6.54. The third kappa shape index (κ3) is 2.94. The second-order valence-electron chi connectivity index (χ2n) is 5.18. The molecule has 2 heterocycles. The molecule has 126 valence electrons. The first-order chi connectivity index (χ1) is 12.0. The normalized spacial score (nSPS) is 10.6. The van der Waals surface area contributed by atoms with Gasteiger partial charge in [-0.2, -0.15) is 5.10 Å². The Balaban J connectivity index is 2.30. The van der Waals surface area contributed by atoms with Crippen LogP contribution in [0.3, 0.4) is 0 Å². The number of benzene rings is 1. The lowest BCUT2D eigenvalue weighted by atomic mass is 10.0. The average Bonchev–Trinajstić information content (AvgIpc) is 2.88. The van der Waals surface area contributed by atoms with Gasteiger partial charge in [-0.1, -0.05) is 17.5 Å². The lowest BCUT2D eigenvalue weighted by Gasteiger charge is -2.12. The molecule has 3 rings (SSSR count). The van der Waals surface area contributed by atoms with E-state index in [1.54, 1.807) is 25.4 Å². The molecule has 0 amide bonds. The SMILES string of the molecule is C#Cc1ccc(-c2c(-c3c(F)cc(F)cc3OC)c(Cl)nn2C)cn1. The molecule has 0 fully saturated rings. The van der Waals surface area contributed by atoms with E-state index in [9.17, 15) is 8.78 Å². The van der Waals surface area contributed by atoms with Crippen molar-refractivity contribution in [2.24, 2.45) is 7.05 Å². The maximum atomic E-state index is 14.5. The maximum Gasteiger partial charge on any atom is 0.159 e. The van der Waals surface area contributed by atoms with Crippen molar-refractivity contribution in [1.82, 2.24) is 14.8 Å². The Bertz CT molecular complexity index is 991. The van der Waals surface area contributed by atoms with E-state index in [-0.39, 0.29) is 22.0 Å². The van der Waals surface area contributed by atoms with Gasteiger partial charge in [-0.25, -0.2) is 13.8 Å². The van der Waals surface area contributed by atoms with Gasteiger partial charge in [0.2, 0.25) is 0 Å². The number of hydrogen-bond acceptors (Lipinski definition) is 3. The minimum Gasteiger partial charge on any atom is -0.496 e. The highest BCUT2D eigenvalue weighted by Gasteiger charge is 2.25. The van der Waals surface area contributed by atoms with E-state index in [1.165, 1.54) is 11.8 Å². The first-order valence-corrected chi connectivity index (χ1v) is 7.53. The summed E-state index contributed by atoms with van der Waals surface area (Å²) in [5, 5.41) is 4.20. The summed E-state index contributed by atoms with van der Waals surface area (Å²) in [6, 6.07) is 5.24. The van der Waals surface area contributed by atoms with E-state index < -0.39 is 11.6 Å². The maximum absolute atomic E-state index is 14.5. The molecule has 0 radical (unpaired) electrons. The first kappa shape index (κ1) is 16.9. The van der Waals surface area contributed by atoms with Gasteiger partial charge in [0.05, 0.1) is 23.9 Å². The van der Waals surface area contributed by atoms with E-state index in [1.807, 2.05) is 0 Å². The zero-order valence-corrected chi connectivity index (χ0v) is 14.1. The molecule has 0 aliphatic carbocycles. The largest absolute Gasteiger partial charge is 0.496 e. The Morgan fingerprint density at radius 3 is 2.60 bits per heavy atom. The third-order valence-corrected chi connectivity index (χ3v) is 3.94. The Hall–Kier alpha value is -2.91. The molecule has 0 aliphatic heterocycles. The van der Waals surface area contributed by atoms with E-state index in [0.29, 0.717) is 17.0 Å². The zero-order valence-electron chi connectivity index (χ0n) is 13.3. The second-order valence-corrected chi connectivity index (χ2v) is 5.54. The molecular weight excluding hydrogens is 348 g/mol. The van der Waals surface area contributed by atoms with Crippen LogP contribution < -0.4 is 4.74 Å². The summed E-state index contributed by atoms with van der Waals surface area (Å²) in [5.74, 6) is 0.885. The standard InChI is InChI=1S/C18H12ClF2N3O/c1-4-12-6-5-10(9-22-12)17-16(18(19)23-24(17)2)15-13(21)7-11(20)8-14(15)25-3/h1,5-9H,2-3H3. The number of aryl methyl sites for hydroxylation is 1. The van der Waals surface area contributed by atoms with E-state index in [0.717, 1.165) is 12.1 Å². The van der Waals surface area contributed by atoms with Crippen LogP contribution in [0, 0.1) is 24.0 Å². The topological polar surface area (TPSA) is 39.9 Å². The van der Waals surface area contributed by atoms with Crippen LogP contribution in [0.2, 0.25) is 5.15 Å². The number of ether oxygens (including phenoxy) is 1. The van der Waals surface area contributed by atoms with Crippen molar-refractivity contribution in [2.45, 2.75) is 0 Å². The summed E-state index contributed by atoms with van der Waals surface area (Å²) in [5.41, 5.74) is 1.91. The molecule has 4 nitrogen and oxygen atoms in total. The van der Waals surface area contributed by atoms with Gasteiger partial charge >= 0.3 is 0 Å². The molecular formula is C18H12ClF2N3O. The lowest BCUT2D eigenvalue weighted by molar-refractivity contribution is 0.409. The Morgan fingerprint density at radius 1 is 1.24 bits per heavy atom. The van der Waals surface area contributed by atoms with Crippen molar-refractivity contribution in [3.05, 3.63) is 52.9 Å². The highest BCUT2D eigenvalue weighted by atomic mass is 35.5. The number of halogens is 3. The van der Waals surface area contributed by atoms with Gasteiger partial charge in [0.25, 0.3) is 0 Å². The van der Waals surface area contributed by atoms with Crippen LogP contribution in [0.5, 0.6) is 5.75 Å². The fourth-order valence-corrected chi connectivity index (χ4v) is 2.91. The van der Waals surface area contributed by atoms with Crippen LogP contribution in [0.4, 0.5) is 8.78 Å². The third-order valence-electron chi connectivity index (χ3n) is 3.68. The Labute approximate surface area is 148 Å². The molecule has 0 unspecified atom stereocenters. The molecule has 0 aliphatic rings. The molecule has 0 N–H and O–H groups in total. The van der Waals surface area contributed by atoms with Gasteiger partial charge in [-0.15, -0.1) is 6.42 Å².